The standard InChI is InChI=1S/C15H18N4O3S/c1-10-16-15(18-17-10)23-9-14(20)19(2)8-11-3-4-12-13(7-11)22-6-5-21-12/h3-4,7H,5-6,8-9H2,1-2H3,(H,16,17,18). The number of hydrogen-bond donors (Lipinski definition) is 1. The van der Waals surface area contributed by atoms with Crippen molar-refractivity contribution in [2.24, 2.45) is 0 Å². The average Bonchev–Trinajstić information content (AvgIpc) is 2.98. The highest BCUT2D eigenvalue weighted by atomic mass is 32.2. The first-order valence-electron chi connectivity index (χ1n) is 7.26. The fraction of sp³-hybridized carbons (Fsp3) is 0.400. The summed E-state index contributed by atoms with van der Waals surface area (Å²) in [4.78, 5) is 18.0. The van der Waals surface area contributed by atoms with Gasteiger partial charge in [-0.05, 0) is 24.6 Å². The number of amides is 1. The monoisotopic (exact) mass is 334 g/mol. The maximum atomic E-state index is 12.2. The number of benzene rings is 1. The summed E-state index contributed by atoms with van der Waals surface area (Å²) in [5.41, 5.74) is 1.00. The first-order valence-corrected chi connectivity index (χ1v) is 8.24. The second-order valence-corrected chi connectivity index (χ2v) is 6.16. The van der Waals surface area contributed by atoms with Crippen LogP contribution in [-0.2, 0) is 11.3 Å². The Morgan fingerprint density at radius 2 is 2.13 bits per heavy atom. The summed E-state index contributed by atoms with van der Waals surface area (Å²) < 4.78 is 11.1. The number of rotatable bonds is 5. The average molecular weight is 334 g/mol. The van der Waals surface area contributed by atoms with Crippen molar-refractivity contribution in [1.82, 2.24) is 20.1 Å². The van der Waals surface area contributed by atoms with Gasteiger partial charge in [-0.25, -0.2) is 4.98 Å². The zero-order valence-electron chi connectivity index (χ0n) is 13.0. The quantitative estimate of drug-likeness (QED) is 0.837. The molecule has 1 amide bonds. The molecule has 0 fully saturated rings. The molecule has 8 heteroatoms. The van der Waals surface area contributed by atoms with Crippen molar-refractivity contribution in [3.05, 3.63) is 29.6 Å². The molecule has 1 aromatic carbocycles. The van der Waals surface area contributed by atoms with E-state index in [1.165, 1.54) is 11.8 Å². The lowest BCUT2D eigenvalue weighted by molar-refractivity contribution is -0.127. The lowest BCUT2D eigenvalue weighted by Crippen LogP contribution is -2.28. The SMILES string of the molecule is Cc1nc(SCC(=O)N(C)Cc2ccc3c(c2)OCCO3)n[nH]1. The number of H-pyrrole nitrogens is 1. The van der Waals surface area contributed by atoms with Crippen molar-refractivity contribution >= 4 is 17.7 Å². The minimum absolute atomic E-state index is 0.0207. The largest absolute Gasteiger partial charge is 0.486 e. The molecule has 0 atom stereocenters. The van der Waals surface area contributed by atoms with Crippen LogP contribution in [0.25, 0.3) is 0 Å². The minimum atomic E-state index is 0.0207. The van der Waals surface area contributed by atoms with Gasteiger partial charge in [0.15, 0.2) is 11.5 Å². The molecule has 0 aliphatic carbocycles. The third-order valence-electron chi connectivity index (χ3n) is 3.35. The molecule has 3 rings (SSSR count). The van der Waals surface area contributed by atoms with Crippen molar-refractivity contribution < 1.29 is 14.3 Å². The number of aryl methyl sites for hydroxylation is 1. The van der Waals surface area contributed by atoms with E-state index in [2.05, 4.69) is 15.2 Å². The Hall–Kier alpha value is -2.22. The molecule has 0 bridgehead atoms. The molecule has 7 nitrogen and oxygen atoms in total. The molecule has 0 saturated heterocycles. The molecule has 0 radical (unpaired) electrons. The van der Waals surface area contributed by atoms with E-state index < -0.39 is 0 Å². The van der Waals surface area contributed by atoms with Crippen molar-refractivity contribution in [2.75, 3.05) is 26.0 Å². The molecule has 1 N–H and O–H groups in total. The lowest BCUT2D eigenvalue weighted by Gasteiger charge is -2.21. The lowest BCUT2D eigenvalue weighted by atomic mass is 10.2. The van der Waals surface area contributed by atoms with E-state index in [4.69, 9.17) is 9.47 Å². The molecule has 1 aromatic heterocycles. The van der Waals surface area contributed by atoms with Crippen LogP contribution < -0.4 is 9.47 Å². The van der Waals surface area contributed by atoms with Crippen LogP contribution in [-0.4, -0.2) is 52.0 Å². The highest BCUT2D eigenvalue weighted by Crippen LogP contribution is 2.31. The number of fused-ring (bicyclic) bond motifs is 1. The number of ether oxygens (including phenoxy) is 2. The van der Waals surface area contributed by atoms with E-state index in [0.717, 1.165) is 22.9 Å². The highest BCUT2D eigenvalue weighted by Gasteiger charge is 2.15. The van der Waals surface area contributed by atoms with Gasteiger partial charge in [0.05, 0.1) is 5.75 Å². The highest BCUT2D eigenvalue weighted by molar-refractivity contribution is 7.99. The molecule has 0 unspecified atom stereocenters. The van der Waals surface area contributed by atoms with Crippen molar-refractivity contribution in [3.8, 4) is 11.5 Å². The summed E-state index contributed by atoms with van der Waals surface area (Å²) in [5.74, 6) is 2.56. The van der Waals surface area contributed by atoms with E-state index in [9.17, 15) is 4.79 Å². The van der Waals surface area contributed by atoms with Gasteiger partial charge in [0, 0.05) is 13.6 Å². The molecule has 2 aromatic rings. The van der Waals surface area contributed by atoms with E-state index >= 15 is 0 Å². The number of nitrogens with one attached hydrogen (secondary N) is 1. The first kappa shape index (κ1) is 15.7. The molecule has 1 aliphatic heterocycles. The predicted molar refractivity (Wildman–Crippen MR) is 85.7 cm³/mol. The Labute approximate surface area is 138 Å². The van der Waals surface area contributed by atoms with Gasteiger partial charge in [-0.2, -0.15) is 0 Å². The smallest absolute Gasteiger partial charge is 0.233 e. The summed E-state index contributed by atoms with van der Waals surface area (Å²) in [6.45, 7) is 3.47. The molecule has 122 valence electrons. The number of aromatic amines is 1. The maximum absolute atomic E-state index is 12.2. The number of carbonyl (C=O) groups excluding carboxylic acids is 1. The van der Waals surface area contributed by atoms with Crippen LogP contribution in [0, 0.1) is 6.92 Å². The van der Waals surface area contributed by atoms with E-state index in [-0.39, 0.29) is 5.91 Å². The second kappa shape index (κ2) is 6.91. The molecule has 0 saturated carbocycles. The summed E-state index contributed by atoms with van der Waals surface area (Å²) in [6, 6.07) is 5.75. The van der Waals surface area contributed by atoms with E-state index in [1.807, 2.05) is 25.1 Å². The van der Waals surface area contributed by atoms with Crippen LogP contribution in [0.2, 0.25) is 0 Å². The first-order chi connectivity index (χ1) is 11.1. The summed E-state index contributed by atoms with van der Waals surface area (Å²) in [6.07, 6.45) is 0. The number of carbonyl (C=O) groups is 1. The van der Waals surface area contributed by atoms with E-state index in [1.54, 1.807) is 11.9 Å². The molecule has 23 heavy (non-hydrogen) atoms. The normalized spacial score (nSPS) is 13.0. The molecular weight excluding hydrogens is 316 g/mol. The third-order valence-corrected chi connectivity index (χ3v) is 4.19. The van der Waals surface area contributed by atoms with Gasteiger partial charge in [0.1, 0.15) is 19.0 Å². The van der Waals surface area contributed by atoms with Gasteiger partial charge >= 0.3 is 0 Å². The van der Waals surface area contributed by atoms with Gasteiger partial charge in [-0.1, -0.05) is 17.8 Å². The third kappa shape index (κ3) is 3.95. The molecule has 1 aliphatic rings. The Kier molecular flexibility index (Phi) is 4.71. The Balaban J connectivity index is 1.55. The van der Waals surface area contributed by atoms with Gasteiger partial charge in [-0.3, -0.25) is 9.89 Å². The van der Waals surface area contributed by atoms with E-state index in [0.29, 0.717) is 30.7 Å². The van der Waals surface area contributed by atoms with Gasteiger partial charge in [0.2, 0.25) is 11.1 Å². The van der Waals surface area contributed by atoms with Gasteiger partial charge in [-0.15, -0.1) is 5.10 Å². The summed E-state index contributed by atoms with van der Waals surface area (Å²) in [7, 11) is 1.78. The van der Waals surface area contributed by atoms with Crippen LogP contribution in [0.15, 0.2) is 23.4 Å². The molecule has 2 heterocycles. The molecular formula is C15H18N4O3S. The maximum Gasteiger partial charge on any atom is 0.233 e. The number of hydrogen-bond acceptors (Lipinski definition) is 6. The fourth-order valence-corrected chi connectivity index (χ4v) is 2.96. The zero-order chi connectivity index (χ0) is 16.2. The minimum Gasteiger partial charge on any atom is -0.486 e. The fourth-order valence-electron chi connectivity index (χ4n) is 2.17. The predicted octanol–water partition coefficient (Wildman–Crippen LogP) is 1.64. The van der Waals surface area contributed by atoms with Crippen molar-refractivity contribution in [1.29, 1.82) is 0 Å². The van der Waals surface area contributed by atoms with Crippen LogP contribution in [0.5, 0.6) is 11.5 Å². The Bertz CT molecular complexity index is 704. The Morgan fingerprint density at radius 3 is 2.87 bits per heavy atom. The van der Waals surface area contributed by atoms with Crippen LogP contribution in [0.1, 0.15) is 11.4 Å². The topological polar surface area (TPSA) is 80.3 Å². The molecule has 0 spiro atoms. The van der Waals surface area contributed by atoms with Crippen LogP contribution >= 0.6 is 11.8 Å². The van der Waals surface area contributed by atoms with Crippen LogP contribution in [0.3, 0.4) is 0 Å². The van der Waals surface area contributed by atoms with Crippen molar-refractivity contribution in [3.63, 3.8) is 0 Å². The van der Waals surface area contributed by atoms with Crippen LogP contribution in [0.4, 0.5) is 0 Å². The zero-order valence-corrected chi connectivity index (χ0v) is 13.9. The summed E-state index contributed by atoms with van der Waals surface area (Å²) in [5, 5.41) is 7.35. The number of thioether (sulfide) groups is 1. The van der Waals surface area contributed by atoms with Gasteiger partial charge in [0.25, 0.3) is 0 Å². The number of aromatic nitrogens is 3. The second-order valence-electron chi connectivity index (χ2n) is 5.22. The Morgan fingerprint density at radius 1 is 1.35 bits per heavy atom. The van der Waals surface area contributed by atoms with Gasteiger partial charge < -0.3 is 14.4 Å². The van der Waals surface area contributed by atoms with Crippen molar-refractivity contribution in [2.45, 2.75) is 18.6 Å². The number of nitrogens with zero attached hydrogens (tertiary/aromatic N) is 3. The summed E-state index contributed by atoms with van der Waals surface area (Å²) >= 11 is 1.32.